The van der Waals surface area contributed by atoms with Gasteiger partial charge in [-0.25, -0.2) is 12.8 Å². The van der Waals surface area contributed by atoms with Gasteiger partial charge in [0.2, 0.25) is 0 Å². The first-order valence-electron chi connectivity index (χ1n) is 7.28. The van der Waals surface area contributed by atoms with E-state index < -0.39 is 15.8 Å². The molecule has 0 unspecified atom stereocenters. The first-order valence-corrected chi connectivity index (χ1v) is 8.76. The first-order chi connectivity index (χ1) is 11.1. The number of ether oxygens (including phenoxy) is 2. The number of anilines is 1. The molecular formula is C16H14FNO4S. The molecule has 0 saturated heterocycles. The van der Waals surface area contributed by atoms with Crippen LogP contribution in [-0.4, -0.2) is 21.6 Å². The van der Waals surface area contributed by atoms with Gasteiger partial charge in [-0.2, -0.15) is 0 Å². The Labute approximate surface area is 133 Å². The van der Waals surface area contributed by atoms with Crippen LogP contribution in [0.2, 0.25) is 0 Å². The lowest BCUT2D eigenvalue weighted by Gasteiger charge is -2.15. The van der Waals surface area contributed by atoms with Crippen molar-refractivity contribution in [3.05, 3.63) is 47.3 Å². The summed E-state index contributed by atoms with van der Waals surface area (Å²) < 4.78 is 52.9. The van der Waals surface area contributed by atoms with E-state index in [0.29, 0.717) is 43.1 Å². The predicted molar refractivity (Wildman–Crippen MR) is 82.0 cm³/mol. The van der Waals surface area contributed by atoms with E-state index in [1.165, 1.54) is 18.2 Å². The number of fused-ring (bicyclic) bond motifs is 2. The molecule has 7 heteroatoms. The van der Waals surface area contributed by atoms with E-state index in [0.717, 1.165) is 5.56 Å². The number of benzene rings is 2. The number of hydrogen-bond acceptors (Lipinski definition) is 4. The number of nitrogens with one attached hydrogen (secondary N) is 1. The highest BCUT2D eigenvalue weighted by molar-refractivity contribution is 7.92. The third kappa shape index (κ3) is 2.31. The zero-order valence-electron chi connectivity index (χ0n) is 12.1. The van der Waals surface area contributed by atoms with E-state index in [2.05, 4.69) is 4.72 Å². The smallest absolute Gasteiger partial charge is 0.266 e. The van der Waals surface area contributed by atoms with Crippen LogP contribution in [0.25, 0.3) is 0 Å². The summed E-state index contributed by atoms with van der Waals surface area (Å²) in [4.78, 5) is 0.0725. The zero-order valence-corrected chi connectivity index (χ0v) is 13.0. The molecular weight excluding hydrogens is 321 g/mol. The SMILES string of the molecule is O=S(=O)(Nc1ccccc1F)c1c2c(cc3c1OCC3)OCC2. The van der Waals surface area contributed by atoms with Crippen LogP contribution in [0.3, 0.4) is 0 Å². The Kier molecular flexibility index (Phi) is 3.19. The van der Waals surface area contributed by atoms with Crippen LogP contribution in [-0.2, 0) is 22.9 Å². The minimum absolute atomic E-state index is 0.0725. The van der Waals surface area contributed by atoms with E-state index in [1.807, 2.05) is 6.07 Å². The summed E-state index contributed by atoms with van der Waals surface area (Å²) in [5.41, 5.74) is 1.31. The van der Waals surface area contributed by atoms with Crippen LogP contribution in [0.1, 0.15) is 11.1 Å². The van der Waals surface area contributed by atoms with E-state index in [1.54, 1.807) is 6.07 Å². The second-order valence-corrected chi connectivity index (χ2v) is 7.07. The van der Waals surface area contributed by atoms with Crippen LogP contribution in [0, 0.1) is 5.82 Å². The Morgan fingerprint density at radius 1 is 1.09 bits per heavy atom. The summed E-state index contributed by atoms with van der Waals surface area (Å²) in [6, 6.07) is 7.50. The number of hydrogen-bond donors (Lipinski definition) is 1. The monoisotopic (exact) mass is 335 g/mol. The van der Waals surface area contributed by atoms with Crippen LogP contribution < -0.4 is 14.2 Å². The van der Waals surface area contributed by atoms with Gasteiger partial charge in [0.1, 0.15) is 22.2 Å². The number of para-hydroxylation sites is 1. The fraction of sp³-hybridized carbons (Fsp3) is 0.250. The van der Waals surface area contributed by atoms with Crippen molar-refractivity contribution >= 4 is 15.7 Å². The van der Waals surface area contributed by atoms with E-state index in [4.69, 9.17) is 9.47 Å². The van der Waals surface area contributed by atoms with Gasteiger partial charge < -0.3 is 9.47 Å². The first kappa shape index (κ1) is 14.3. The van der Waals surface area contributed by atoms with E-state index in [-0.39, 0.29) is 10.6 Å². The molecule has 0 amide bonds. The maximum Gasteiger partial charge on any atom is 0.266 e. The van der Waals surface area contributed by atoms with Crippen molar-refractivity contribution in [1.82, 2.24) is 0 Å². The topological polar surface area (TPSA) is 64.6 Å². The summed E-state index contributed by atoms with van der Waals surface area (Å²) in [7, 11) is -3.98. The van der Waals surface area contributed by atoms with Gasteiger partial charge in [0.05, 0.1) is 18.9 Å². The second-order valence-electron chi connectivity index (χ2n) is 5.45. The quantitative estimate of drug-likeness (QED) is 0.936. The number of sulfonamides is 1. The van der Waals surface area contributed by atoms with Crippen LogP contribution in [0.4, 0.5) is 10.1 Å². The normalized spacial score (nSPS) is 15.5. The molecule has 0 bridgehead atoms. The van der Waals surface area contributed by atoms with Crippen molar-refractivity contribution in [2.45, 2.75) is 17.7 Å². The molecule has 0 saturated carbocycles. The van der Waals surface area contributed by atoms with Crippen LogP contribution >= 0.6 is 0 Å². The molecule has 2 aromatic carbocycles. The zero-order chi connectivity index (χ0) is 16.0. The van der Waals surface area contributed by atoms with Gasteiger partial charge in [0, 0.05) is 24.0 Å². The van der Waals surface area contributed by atoms with Gasteiger partial charge in [-0.1, -0.05) is 12.1 Å². The minimum atomic E-state index is -3.98. The van der Waals surface area contributed by atoms with Crippen LogP contribution in [0.5, 0.6) is 11.5 Å². The molecule has 2 aliphatic heterocycles. The Hall–Kier alpha value is -2.28. The van der Waals surface area contributed by atoms with Crippen molar-refractivity contribution in [3.8, 4) is 11.5 Å². The van der Waals surface area contributed by atoms with Gasteiger partial charge in [0.25, 0.3) is 10.0 Å². The fourth-order valence-corrected chi connectivity index (χ4v) is 4.48. The van der Waals surface area contributed by atoms with E-state index >= 15 is 0 Å². The van der Waals surface area contributed by atoms with Gasteiger partial charge in [-0.3, -0.25) is 4.72 Å². The molecule has 0 fully saturated rings. The van der Waals surface area contributed by atoms with Crippen molar-refractivity contribution in [1.29, 1.82) is 0 Å². The number of halogens is 1. The predicted octanol–water partition coefficient (Wildman–Crippen LogP) is 2.50. The molecule has 4 rings (SSSR count). The maximum absolute atomic E-state index is 13.8. The Morgan fingerprint density at radius 3 is 2.70 bits per heavy atom. The third-order valence-electron chi connectivity index (χ3n) is 3.99. The van der Waals surface area contributed by atoms with Gasteiger partial charge >= 0.3 is 0 Å². The Balaban J connectivity index is 1.86. The molecule has 0 spiro atoms. The molecule has 5 nitrogen and oxygen atoms in total. The summed E-state index contributed by atoms with van der Waals surface area (Å²) in [6.45, 7) is 0.862. The van der Waals surface area contributed by atoms with Crippen LogP contribution in [0.15, 0.2) is 35.2 Å². The van der Waals surface area contributed by atoms with E-state index in [9.17, 15) is 12.8 Å². The molecule has 2 aliphatic rings. The highest BCUT2D eigenvalue weighted by atomic mass is 32.2. The summed E-state index contributed by atoms with van der Waals surface area (Å²) >= 11 is 0. The molecule has 0 atom stereocenters. The van der Waals surface area contributed by atoms with Gasteiger partial charge in [-0.05, 0) is 18.2 Å². The highest BCUT2D eigenvalue weighted by Crippen LogP contribution is 2.43. The lowest BCUT2D eigenvalue weighted by atomic mass is 10.1. The Bertz CT molecular complexity index is 863. The van der Waals surface area contributed by atoms with Crippen molar-refractivity contribution in [3.63, 3.8) is 0 Å². The summed E-state index contributed by atoms with van der Waals surface area (Å²) in [6.07, 6.45) is 1.12. The molecule has 2 aromatic rings. The summed E-state index contributed by atoms with van der Waals surface area (Å²) in [5, 5.41) is 0. The largest absolute Gasteiger partial charge is 0.493 e. The fourth-order valence-electron chi connectivity index (χ4n) is 2.97. The molecule has 120 valence electrons. The average molecular weight is 335 g/mol. The average Bonchev–Trinajstić information content (AvgIpc) is 3.14. The molecule has 0 aliphatic carbocycles. The van der Waals surface area contributed by atoms with Gasteiger partial charge in [0.15, 0.2) is 0 Å². The van der Waals surface area contributed by atoms with Crippen molar-refractivity contribution in [2.75, 3.05) is 17.9 Å². The highest BCUT2D eigenvalue weighted by Gasteiger charge is 2.34. The minimum Gasteiger partial charge on any atom is -0.493 e. The second kappa shape index (κ2) is 5.13. The van der Waals surface area contributed by atoms with Crippen molar-refractivity contribution in [2.24, 2.45) is 0 Å². The summed E-state index contributed by atoms with van der Waals surface area (Å²) in [5.74, 6) is 0.304. The van der Waals surface area contributed by atoms with Crippen molar-refractivity contribution < 1.29 is 22.3 Å². The lowest BCUT2D eigenvalue weighted by Crippen LogP contribution is -2.16. The number of rotatable bonds is 3. The molecule has 2 heterocycles. The lowest BCUT2D eigenvalue weighted by molar-refractivity contribution is 0.348. The van der Waals surface area contributed by atoms with Gasteiger partial charge in [-0.15, -0.1) is 0 Å². The standard InChI is InChI=1S/C16H14FNO4S/c17-12-3-1-2-4-13(12)18-23(19,20)16-11-6-8-21-14(11)9-10-5-7-22-15(10)16/h1-4,9,18H,5-8H2. The third-order valence-corrected chi connectivity index (χ3v) is 5.45. The molecule has 1 N–H and O–H groups in total. The molecule has 0 radical (unpaired) electrons. The molecule has 23 heavy (non-hydrogen) atoms. The maximum atomic E-state index is 13.8. The molecule has 0 aromatic heterocycles. The Morgan fingerprint density at radius 2 is 1.87 bits per heavy atom.